The Hall–Kier alpha value is -2.30. The molecule has 116 valence electrons. The smallest absolute Gasteiger partial charge is 0.322 e. The summed E-state index contributed by atoms with van der Waals surface area (Å²) >= 11 is 0. The molecule has 0 atom stereocenters. The van der Waals surface area contributed by atoms with E-state index in [4.69, 9.17) is 0 Å². The SMILES string of the molecule is CC(C)c1cccc(C(=O)Nc2ccccc2)c1C(F)(F)F. The average Bonchev–Trinajstić information content (AvgIpc) is 2.46. The van der Waals surface area contributed by atoms with Gasteiger partial charge in [-0.3, -0.25) is 4.79 Å². The van der Waals surface area contributed by atoms with Crippen LogP contribution in [0.4, 0.5) is 18.9 Å². The van der Waals surface area contributed by atoms with Gasteiger partial charge >= 0.3 is 6.18 Å². The molecule has 0 radical (unpaired) electrons. The van der Waals surface area contributed by atoms with E-state index < -0.39 is 17.6 Å². The third-order valence-electron chi connectivity index (χ3n) is 3.28. The largest absolute Gasteiger partial charge is 0.417 e. The molecule has 2 aromatic carbocycles. The number of hydrogen-bond donors (Lipinski definition) is 1. The van der Waals surface area contributed by atoms with Gasteiger partial charge in [0, 0.05) is 5.69 Å². The molecule has 1 amide bonds. The van der Waals surface area contributed by atoms with Crippen molar-refractivity contribution in [1.82, 2.24) is 0 Å². The van der Waals surface area contributed by atoms with Crippen LogP contribution in [0.3, 0.4) is 0 Å². The highest BCUT2D eigenvalue weighted by Gasteiger charge is 2.38. The van der Waals surface area contributed by atoms with Crippen LogP contribution in [0, 0.1) is 0 Å². The van der Waals surface area contributed by atoms with Gasteiger partial charge in [0.25, 0.3) is 5.91 Å². The summed E-state index contributed by atoms with van der Waals surface area (Å²) in [4.78, 5) is 12.2. The first-order valence-electron chi connectivity index (χ1n) is 6.87. The van der Waals surface area contributed by atoms with Gasteiger partial charge in [0.15, 0.2) is 0 Å². The Morgan fingerprint density at radius 1 is 1.00 bits per heavy atom. The van der Waals surface area contributed by atoms with Crippen LogP contribution in [-0.2, 0) is 6.18 Å². The molecule has 0 heterocycles. The number of amides is 1. The van der Waals surface area contributed by atoms with E-state index in [0.717, 1.165) is 0 Å². The van der Waals surface area contributed by atoms with Crippen molar-refractivity contribution in [3.8, 4) is 0 Å². The second-order valence-corrected chi connectivity index (χ2v) is 5.24. The molecule has 2 nitrogen and oxygen atoms in total. The van der Waals surface area contributed by atoms with E-state index >= 15 is 0 Å². The van der Waals surface area contributed by atoms with Crippen LogP contribution >= 0.6 is 0 Å². The van der Waals surface area contributed by atoms with Crippen LogP contribution < -0.4 is 5.32 Å². The molecule has 0 saturated carbocycles. The number of halogens is 3. The molecule has 2 aromatic rings. The number of para-hydroxylation sites is 1. The summed E-state index contributed by atoms with van der Waals surface area (Å²) in [7, 11) is 0. The zero-order chi connectivity index (χ0) is 16.3. The summed E-state index contributed by atoms with van der Waals surface area (Å²) in [5, 5.41) is 2.50. The van der Waals surface area contributed by atoms with Crippen molar-refractivity contribution in [2.75, 3.05) is 5.32 Å². The number of rotatable bonds is 3. The number of hydrogen-bond acceptors (Lipinski definition) is 1. The minimum Gasteiger partial charge on any atom is -0.322 e. The van der Waals surface area contributed by atoms with Crippen molar-refractivity contribution in [3.63, 3.8) is 0 Å². The molecule has 0 spiro atoms. The van der Waals surface area contributed by atoms with E-state index in [1.165, 1.54) is 18.2 Å². The van der Waals surface area contributed by atoms with Crippen molar-refractivity contribution in [2.45, 2.75) is 25.9 Å². The lowest BCUT2D eigenvalue weighted by Crippen LogP contribution is -2.21. The van der Waals surface area contributed by atoms with E-state index in [2.05, 4.69) is 5.32 Å². The van der Waals surface area contributed by atoms with Crippen LogP contribution in [-0.4, -0.2) is 5.91 Å². The van der Waals surface area contributed by atoms with Gasteiger partial charge in [-0.15, -0.1) is 0 Å². The molecule has 1 N–H and O–H groups in total. The maximum atomic E-state index is 13.4. The summed E-state index contributed by atoms with van der Waals surface area (Å²) in [6.45, 7) is 3.34. The van der Waals surface area contributed by atoms with Gasteiger partial charge in [0.2, 0.25) is 0 Å². The number of carbonyl (C=O) groups is 1. The molecule has 0 aliphatic rings. The molecule has 22 heavy (non-hydrogen) atoms. The quantitative estimate of drug-likeness (QED) is 0.841. The number of nitrogens with one attached hydrogen (secondary N) is 1. The Morgan fingerprint density at radius 2 is 1.64 bits per heavy atom. The zero-order valence-corrected chi connectivity index (χ0v) is 12.2. The Morgan fingerprint density at radius 3 is 2.18 bits per heavy atom. The minimum absolute atomic E-state index is 0.119. The van der Waals surface area contributed by atoms with Gasteiger partial charge in [-0.05, 0) is 29.7 Å². The maximum absolute atomic E-state index is 13.4. The monoisotopic (exact) mass is 307 g/mol. The van der Waals surface area contributed by atoms with E-state index in [1.54, 1.807) is 44.2 Å². The number of carbonyl (C=O) groups excluding carboxylic acids is 1. The lowest BCUT2D eigenvalue weighted by atomic mass is 9.92. The van der Waals surface area contributed by atoms with E-state index in [-0.39, 0.29) is 17.0 Å². The molecule has 0 aromatic heterocycles. The number of anilines is 1. The molecule has 2 rings (SSSR count). The highest BCUT2D eigenvalue weighted by atomic mass is 19.4. The normalized spacial score (nSPS) is 11.5. The predicted molar refractivity (Wildman–Crippen MR) is 79.9 cm³/mol. The van der Waals surface area contributed by atoms with E-state index in [1.807, 2.05) is 0 Å². The first-order chi connectivity index (χ1) is 10.3. The molecule has 5 heteroatoms. The van der Waals surface area contributed by atoms with Crippen molar-refractivity contribution in [1.29, 1.82) is 0 Å². The standard InChI is InChI=1S/C17H16F3NO/c1-11(2)13-9-6-10-14(15(13)17(18,19)20)16(22)21-12-7-4-3-5-8-12/h3-11H,1-2H3,(H,21,22). The van der Waals surface area contributed by atoms with Crippen LogP contribution in [0.1, 0.15) is 41.3 Å². The van der Waals surface area contributed by atoms with Crippen LogP contribution in [0.5, 0.6) is 0 Å². The number of alkyl halides is 3. The molecule has 0 fully saturated rings. The third-order valence-corrected chi connectivity index (χ3v) is 3.28. The Balaban J connectivity index is 2.46. The van der Waals surface area contributed by atoms with Crippen molar-refractivity contribution < 1.29 is 18.0 Å². The summed E-state index contributed by atoms with van der Waals surface area (Å²) in [5.41, 5.74) is -0.648. The second-order valence-electron chi connectivity index (χ2n) is 5.24. The topological polar surface area (TPSA) is 29.1 Å². The maximum Gasteiger partial charge on any atom is 0.417 e. The third kappa shape index (κ3) is 3.47. The Kier molecular flexibility index (Phi) is 4.54. The summed E-state index contributed by atoms with van der Waals surface area (Å²) < 4.78 is 40.2. The Bertz CT molecular complexity index is 663. The van der Waals surface area contributed by atoms with Gasteiger partial charge in [-0.1, -0.05) is 44.2 Å². The number of benzene rings is 2. The van der Waals surface area contributed by atoms with Gasteiger partial charge in [-0.25, -0.2) is 0 Å². The summed E-state index contributed by atoms with van der Waals surface area (Å²) in [6, 6.07) is 12.5. The van der Waals surface area contributed by atoms with Gasteiger partial charge in [0.05, 0.1) is 11.1 Å². The average molecular weight is 307 g/mol. The molecule has 0 aliphatic heterocycles. The van der Waals surface area contributed by atoms with Crippen molar-refractivity contribution in [2.24, 2.45) is 0 Å². The fourth-order valence-electron chi connectivity index (χ4n) is 2.28. The van der Waals surface area contributed by atoms with Gasteiger partial charge in [-0.2, -0.15) is 13.2 Å². The van der Waals surface area contributed by atoms with Crippen LogP contribution in [0.2, 0.25) is 0 Å². The first kappa shape index (κ1) is 16.1. The second kappa shape index (κ2) is 6.22. The fourth-order valence-corrected chi connectivity index (χ4v) is 2.28. The van der Waals surface area contributed by atoms with Crippen LogP contribution in [0.25, 0.3) is 0 Å². The minimum atomic E-state index is -4.58. The van der Waals surface area contributed by atoms with E-state index in [0.29, 0.717) is 5.69 Å². The van der Waals surface area contributed by atoms with E-state index in [9.17, 15) is 18.0 Å². The van der Waals surface area contributed by atoms with Crippen molar-refractivity contribution >= 4 is 11.6 Å². The fraction of sp³-hybridized carbons (Fsp3) is 0.235. The van der Waals surface area contributed by atoms with Gasteiger partial charge < -0.3 is 5.32 Å². The molecule has 0 unspecified atom stereocenters. The highest BCUT2D eigenvalue weighted by Crippen LogP contribution is 2.37. The first-order valence-corrected chi connectivity index (χ1v) is 6.87. The predicted octanol–water partition coefficient (Wildman–Crippen LogP) is 5.08. The highest BCUT2D eigenvalue weighted by molar-refractivity contribution is 6.05. The summed E-state index contributed by atoms with van der Waals surface area (Å²) in [6.07, 6.45) is -4.58. The van der Waals surface area contributed by atoms with Crippen LogP contribution in [0.15, 0.2) is 48.5 Å². The molecule has 0 aliphatic carbocycles. The van der Waals surface area contributed by atoms with Crippen molar-refractivity contribution in [3.05, 3.63) is 65.2 Å². The lowest BCUT2D eigenvalue weighted by Gasteiger charge is -2.19. The van der Waals surface area contributed by atoms with Gasteiger partial charge in [0.1, 0.15) is 0 Å². The molecular weight excluding hydrogens is 291 g/mol. The summed E-state index contributed by atoms with van der Waals surface area (Å²) in [5.74, 6) is -1.10. The lowest BCUT2D eigenvalue weighted by molar-refractivity contribution is -0.138. The Labute approximate surface area is 127 Å². The molecule has 0 saturated heterocycles. The molecular formula is C17H16F3NO. The zero-order valence-electron chi connectivity index (χ0n) is 12.2. The molecule has 0 bridgehead atoms.